The van der Waals surface area contributed by atoms with Crippen LogP contribution < -0.4 is 0 Å². The zero-order chi connectivity index (χ0) is 19.5. The lowest BCUT2D eigenvalue weighted by atomic mass is 9.92. The van der Waals surface area contributed by atoms with Crippen LogP contribution in [0.15, 0.2) is 24.3 Å². The van der Waals surface area contributed by atoms with Crippen molar-refractivity contribution in [2.45, 2.75) is 44.6 Å². The summed E-state index contributed by atoms with van der Waals surface area (Å²) in [5.74, 6) is 0.162. The average molecular weight is 387 g/mol. The zero-order valence-electron chi connectivity index (χ0n) is 16.5. The van der Waals surface area contributed by atoms with Gasteiger partial charge in [-0.3, -0.25) is 14.5 Å². The lowest BCUT2D eigenvalue weighted by Crippen LogP contribution is -2.51. The molecule has 5 nitrogen and oxygen atoms in total. The van der Waals surface area contributed by atoms with E-state index in [0.29, 0.717) is 17.5 Å². The number of amides is 2. The Bertz CT molecular complexity index is 694. The molecule has 3 heterocycles. The normalized spacial score (nSPS) is 24.5. The fourth-order valence-electron chi connectivity index (χ4n) is 4.94. The quantitative estimate of drug-likeness (QED) is 0.801. The molecule has 0 aromatic heterocycles. The molecule has 4 rings (SSSR count). The van der Waals surface area contributed by atoms with Gasteiger partial charge in [-0.1, -0.05) is 0 Å². The molecule has 3 aliphatic heterocycles. The first-order chi connectivity index (χ1) is 13.6. The first-order valence-corrected chi connectivity index (χ1v) is 10.7. The molecular weight excluding hydrogens is 357 g/mol. The van der Waals surface area contributed by atoms with Crippen molar-refractivity contribution < 1.29 is 14.0 Å². The number of piperidine rings is 2. The SMILES string of the molecule is O=C(c1ccc(F)cc1)N1CCC(N2CCC[C@@H](C(=O)N3CCCC3)C2)CC1. The molecule has 2 amide bonds. The molecule has 28 heavy (non-hydrogen) atoms. The van der Waals surface area contributed by atoms with E-state index in [9.17, 15) is 14.0 Å². The van der Waals surface area contributed by atoms with Crippen molar-refractivity contribution in [3.8, 4) is 0 Å². The Morgan fingerprint density at radius 2 is 1.50 bits per heavy atom. The second kappa shape index (κ2) is 8.60. The predicted molar refractivity (Wildman–Crippen MR) is 105 cm³/mol. The molecule has 0 unspecified atom stereocenters. The van der Waals surface area contributed by atoms with Gasteiger partial charge in [0.15, 0.2) is 0 Å². The molecule has 3 fully saturated rings. The van der Waals surface area contributed by atoms with E-state index >= 15 is 0 Å². The lowest BCUT2D eigenvalue weighted by Gasteiger charge is -2.42. The molecule has 0 radical (unpaired) electrons. The minimum Gasteiger partial charge on any atom is -0.342 e. The number of nitrogens with zero attached hydrogens (tertiary/aromatic N) is 3. The van der Waals surface area contributed by atoms with Crippen molar-refractivity contribution in [1.82, 2.24) is 14.7 Å². The molecular formula is C22H30FN3O2. The molecule has 152 valence electrons. The second-order valence-electron chi connectivity index (χ2n) is 8.40. The fraction of sp³-hybridized carbons (Fsp3) is 0.636. The van der Waals surface area contributed by atoms with Gasteiger partial charge in [-0.25, -0.2) is 4.39 Å². The summed E-state index contributed by atoms with van der Waals surface area (Å²) in [6.07, 6.45) is 6.26. The van der Waals surface area contributed by atoms with E-state index in [-0.39, 0.29) is 17.6 Å². The van der Waals surface area contributed by atoms with Crippen LogP contribution >= 0.6 is 0 Å². The fourth-order valence-corrected chi connectivity index (χ4v) is 4.94. The summed E-state index contributed by atoms with van der Waals surface area (Å²) in [6, 6.07) is 6.24. The van der Waals surface area contributed by atoms with Crippen LogP contribution in [-0.2, 0) is 4.79 Å². The highest BCUT2D eigenvalue weighted by atomic mass is 19.1. The highest BCUT2D eigenvalue weighted by molar-refractivity contribution is 5.94. The van der Waals surface area contributed by atoms with E-state index in [1.165, 1.54) is 12.1 Å². The van der Waals surface area contributed by atoms with Crippen molar-refractivity contribution in [3.05, 3.63) is 35.6 Å². The third-order valence-corrected chi connectivity index (χ3v) is 6.58. The molecule has 0 spiro atoms. The summed E-state index contributed by atoms with van der Waals surface area (Å²) < 4.78 is 13.1. The number of hydrogen-bond acceptors (Lipinski definition) is 3. The van der Waals surface area contributed by atoms with Gasteiger partial charge in [-0.15, -0.1) is 0 Å². The van der Waals surface area contributed by atoms with Gasteiger partial charge in [-0.05, 0) is 69.3 Å². The summed E-state index contributed by atoms with van der Waals surface area (Å²) in [5.41, 5.74) is 0.550. The van der Waals surface area contributed by atoms with Crippen molar-refractivity contribution in [2.75, 3.05) is 39.3 Å². The van der Waals surface area contributed by atoms with Gasteiger partial charge in [0.05, 0.1) is 5.92 Å². The maximum atomic E-state index is 13.1. The van der Waals surface area contributed by atoms with Crippen LogP contribution in [0.2, 0.25) is 0 Å². The molecule has 0 N–H and O–H groups in total. The summed E-state index contributed by atoms with van der Waals surface area (Å²) in [7, 11) is 0. The molecule has 1 aromatic rings. The van der Waals surface area contributed by atoms with E-state index in [4.69, 9.17) is 0 Å². The number of hydrogen-bond donors (Lipinski definition) is 0. The van der Waals surface area contributed by atoms with Gasteiger partial charge in [0.2, 0.25) is 5.91 Å². The lowest BCUT2D eigenvalue weighted by molar-refractivity contribution is -0.136. The summed E-state index contributed by atoms with van der Waals surface area (Å²) in [4.78, 5) is 31.8. The van der Waals surface area contributed by atoms with Crippen LogP contribution in [0.1, 0.15) is 48.9 Å². The van der Waals surface area contributed by atoms with Crippen molar-refractivity contribution >= 4 is 11.8 Å². The molecule has 3 aliphatic rings. The van der Waals surface area contributed by atoms with Gasteiger partial charge >= 0.3 is 0 Å². The van der Waals surface area contributed by atoms with Crippen molar-refractivity contribution in [2.24, 2.45) is 5.92 Å². The molecule has 3 saturated heterocycles. The summed E-state index contributed by atoms with van der Waals surface area (Å²) >= 11 is 0. The first kappa shape index (κ1) is 19.4. The van der Waals surface area contributed by atoms with Crippen molar-refractivity contribution in [3.63, 3.8) is 0 Å². The number of rotatable bonds is 3. The molecule has 0 aliphatic carbocycles. The monoisotopic (exact) mass is 387 g/mol. The smallest absolute Gasteiger partial charge is 0.253 e. The average Bonchev–Trinajstić information content (AvgIpc) is 3.28. The van der Waals surface area contributed by atoms with E-state index < -0.39 is 0 Å². The minimum atomic E-state index is -0.321. The molecule has 0 saturated carbocycles. The molecule has 6 heteroatoms. The number of benzene rings is 1. The van der Waals surface area contributed by atoms with Crippen LogP contribution in [0, 0.1) is 11.7 Å². The van der Waals surface area contributed by atoms with Gasteiger partial charge in [0, 0.05) is 44.3 Å². The number of halogens is 1. The first-order valence-electron chi connectivity index (χ1n) is 10.7. The standard InChI is InChI=1S/C22H30FN3O2/c23-19-7-5-17(6-8-19)21(27)25-14-9-20(10-15-25)26-13-3-4-18(16-26)22(28)24-11-1-2-12-24/h5-8,18,20H,1-4,9-16H2/t18-/m1/s1. The highest BCUT2D eigenvalue weighted by Gasteiger charge is 2.34. The number of carbonyl (C=O) groups excluding carboxylic acids is 2. The summed E-state index contributed by atoms with van der Waals surface area (Å²) in [6.45, 7) is 5.23. The number of carbonyl (C=O) groups is 2. The van der Waals surface area contributed by atoms with Crippen LogP contribution in [-0.4, -0.2) is 71.8 Å². The van der Waals surface area contributed by atoms with E-state index in [0.717, 1.165) is 77.8 Å². The Morgan fingerprint density at radius 3 is 2.18 bits per heavy atom. The third kappa shape index (κ3) is 4.22. The predicted octanol–water partition coefficient (Wildman–Crippen LogP) is 2.76. The van der Waals surface area contributed by atoms with Crippen LogP contribution in [0.4, 0.5) is 4.39 Å². The Morgan fingerprint density at radius 1 is 0.821 bits per heavy atom. The maximum absolute atomic E-state index is 13.1. The Hall–Kier alpha value is -1.95. The second-order valence-corrected chi connectivity index (χ2v) is 8.40. The Labute approximate surface area is 166 Å². The highest BCUT2D eigenvalue weighted by Crippen LogP contribution is 2.26. The minimum absolute atomic E-state index is 0.0146. The molecule has 0 bridgehead atoms. The van der Waals surface area contributed by atoms with E-state index in [1.807, 2.05) is 4.90 Å². The van der Waals surface area contributed by atoms with Crippen LogP contribution in [0.25, 0.3) is 0 Å². The van der Waals surface area contributed by atoms with Gasteiger partial charge in [0.1, 0.15) is 5.82 Å². The summed E-state index contributed by atoms with van der Waals surface area (Å²) in [5, 5.41) is 0. The topological polar surface area (TPSA) is 43.9 Å². The maximum Gasteiger partial charge on any atom is 0.253 e. The van der Waals surface area contributed by atoms with Crippen LogP contribution in [0.5, 0.6) is 0 Å². The number of likely N-dealkylation sites (tertiary alicyclic amines) is 3. The Kier molecular flexibility index (Phi) is 5.95. The van der Waals surface area contributed by atoms with Crippen molar-refractivity contribution in [1.29, 1.82) is 0 Å². The van der Waals surface area contributed by atoms with Crippen LogP contribution in [0.3, 0.4) is 0 Å². The molecule has 1 atom stereocenters. The van der Waals surface area contributed by atoms with E-state index in [2.05, 4.69) is 9.80 Å². The largest absolute Gasteiger partial charge is 0.342 e. The van der Waals surface area contributed by atoms with Gasteiger partial charge in [0.25, 0.3) is 5.91 Å². The van der Waals surface area contributed by atoms with Gasteiger partial charge in [-0.2, -0.15) is 0 Å². The van der Waals surface area contributed by atoms with Gasteiger partial charge < -0.3 is 9.80 Å². The zero-order valence-corrected chi connectivity index (χ0v) is 16.5. The van der Waals surface area contributed by atoms with E-state index in [1.54, 1.807) is 12.1 Å². The Balaban J connectivity index is 1.30. The molecule has 1 aromatic carbocycles. The third-order valence-electron chi connectivity index (χ3n) is 6.58.